The molecule has 7 nitrogen and oxygen atoms in total. The van der Waals surface area contributed by atoms with Gasteiger partial charge in [-0.25, -0.2) is 9.37 Å². The number of benzene rings is 2. The van der Waals surface area contributed by atoms with Crippen LogP contribution in [0.25, 0.3) is 22.4 Å². The van der Waals surface area contributed by atoms with Gasteiger partial charge in [-0.3, -0.25) is 9.36 Å². The molecular weight excluding hydrogens is 421 g/mol. The number of nitrogens with zero attached hydrogens (tertiary/aromatic N) is 4. The third-order valence-electron chi connectivity index (χ3n) is 6.04. The minimum absolute atomic E-state index is 0.0559. The second-order valence-electron chi connectivity index (χ2n) is 8.27. The van der Waals surface area contributed by atoms with Crippen LogP contribution in [-0.2, 0) is 7.05 Å². The van der Waals surface area contributed by atoms with Crippen molar-refractivity contribution in [2.24, 2.45) is 13.0 Å². The van der Waals surface area contributed by atoms with Crippen molar-refractivity contribution in [1.82, 2.24) is 14.9 Å². The molecule has 33 heavy (non-hydrogen) atoms. The predicted octanol–water partition coefficient (Wildman–Crippen LogP) is 3.18. The normalized spacial score (nSPS) is 15.3. The first-order valence-corrected chi connectivity index (χ1v) is 10.8. The molecule has 4 rings (SSSR count). The first kappa shape index (κ1) is 22.5. The zero-order valence-corrected chi connectivity index (χ0v) is 18.9. The summed E-state index contributed by atoms with van der Waals surface area (Å²) in [4.78, 5) is 20.4. The van der Waals surface area contributed by atoms with E-state index in [0.29, 0.717) is 40.0 Å². The minimum atomic E-state index is -0.648. The second-order valence-corrected chi connectivity index (χ2v) is 8.27. The lowest BCUT2D eigenvalue weighted by Gasteiger charge is -2.25. The quantitative estimate of drug-likeness (QED) is 0.625. The number of halogens is 1. The Morgan fingerprint density at radius 1 is 1.27 bits per heavy atom. The molecule has 8 heteroatoms. The van der Waals surface area contributed by atoms with E-state index in [1.54, 1.807) is 44.5 Å². The highest BCUT2D eigenvalue weighted by atomic mass is 19.1. The van der Waals surface area contributed by atoms with Gasteiger partial charge in [0.05, 0.1) is 23.9 Å². The number of anilines is 1. The van der Waals surface area contributed by atoms with Gasteiger partial charge in [-0.15, -0.1) is 0 Å². The summed E-state index contributed by atoms with van der Waals surface area (Å²) in [6.45, 7) is 2.66. The topological polar surface area (TPSA) is 83.2 Å². The maximum Gasteiger partial charge on any atom is 0.263 e. The molecule has 1 atom stereocenters. The fraction of sp³-hybridized carbons (Fsp3) is 0.320. The molecule has 0 bridgehead atoms. The Morgan fingerprint density at radius 2 is 2.00 bits per heavy atom. The summed E-state index contributed by atoms with van der Waals surface area (Å²) in [6, 6.07) is 13.2. The van der Waals surface area contributed by atoms with Gasteiger partial charge in [0, 0.05) is 26.2 Å². The van der Waals surface area contributed by atoms with Crippen LogP contribution in [0.5, 0.6) is 5.75 Å². The van der Waals surface area contributed by atoms with Gasteiger partial charge in [0.1, 0.15) is 17.6 Å². The van der Waals surface area contributed by atoms with E-state index in [1.165, 1.54) is 16.7 Å². The number of methoxy groups -OCH3 is 1. The summed E-state index contributed by atoms with van der Waals surface area (Å²) in [7, 11) is 5.19. The van der Waals surface area contributed by atoms with E-state index < -0.39 is 5.82 Å². The van der Waals surface area contributed by atoms with Gasteiger partial charge >= 0.3 is 0 Å². The van der Waals surface area contributed by atoms with Crippen LogP contribution in [0.15, 0.2) is 47.3 Å². The van der Waals surface area contributed by atoms with E-state index >= 15 is 0 Å². The van der Waals surface area contributed by atoms with Crippen molar-refractivity contribution in [1.29, 1.82) is 5.26 Å². The fourth-order valence-electron chi connectivity index (χ4n) is 4.25. The SMILES string of the molecule is COc1ccc(-c2c(-c3ccc(C#N)c(F)c3)nc(N(C)C[C@@H]3CCNC3)n(C)c2=O)cc1. The Bertz CT molecular complexity index is 1260. The van der Waals surface area contributed by atoms with Crippen molar-refractivity contribution in [3.8, 4) is 34.2 Å². The Labute approximate surface area is 192 Å². The highest BCUT2D eigenvalue weighted by Gasteiger charge is 2.23. The van der Waals surface area contributed by atoms with E-state index in [-0.39, 0.29) is 11.1 Å². The van der Waals surface area contributed by atoms with E-state index in [0.717, 1.165) is 26.1 Å². The molecule has 0 amide bonds. The van der Waals surface area contributed by atoms with E-state index in [4.69, 9.17) is 15.0 Å². The van der Waals surface area contributed by atoms with E-state index in [1.807, 2.05) is 18.0 Å². The average molecular weight is 448 g/mol. The molecule has 1 saturated heterocycles. The molecule has 1 aliphatic rings. The van der Waals surface area contributed by atoms with Crippen molar-refractivity contribution < 1.29 is 9.13 Å². The highest BCUT2D eigenvalue weighted by molar-refractivity contribution is 5.81. The minimum Gasteiger partial charge on any atom is -0.497 e. The lowest BCUT2D eigenvalue weighted by molar-refractivity contribution is 0.415. The van der Waals surface area contributed by atoms with Gasteiger partial charge in [-0.1, -0.05) is 18.2 Å². The monoisotopic (exact) mass is 447 g/mol. The number of rotatable bonds is 6. The van der Waals surface area contributed by atoms with Gasteiger partial charge in [-0.2, -0.15) is 5.26 Å². The van der Waals surface area contributed by atoms with E-state index in [9.17, 15) is 9.18 Å². The summed E-state index contributed by atoms with van der Waals surface area (Å²) in [5.74, 6) is 0.981. The Morgan fingerprint density at radius 3 is 2.61 bits per heavy atom. The highest BCUT2D eigenvalue weighted by Crippen LogP contribution is 2.31. The van der Waals surface area contributed by atoms with E-state index in [2.05, 4.69) is 5.32 Å². The van der Waals surface area contributed by atoms with Crippen LogP contribution in [-0.4, -0.2) is 43.3 Å². The lowest BCUT2D eigenvalue weighted by Crippen LogP contribution is -2.34. The molecule has 0 saturated carbocycles. The summed E-state index contributed by atoms with van der Waals surface area (Å²) >= 11 is 0. The Balaban J connectivity index is 1.89. The summed E-state index contributed by atoms with van der Waals surface area (Å²) in [6.07, 6.45) is 1.07. The maximum absolute atomic E-state index is 14.5. The van der Waals surface area contributed by atoms with Crippen LogP contribution in [0.2, 0.25) is 0 Å². The smallest absolute Gasteiger partial charge is 0.263 e. The van der Waals surface area contributed by atoms with Crippen LogP contribution in [0, 0.1) is 23.1 Å². The number of nitriles is 1. The third kappa shape index (κ3) is 4.45. The van der Waals surface area contributed by atoms with Gasteiger partial charge in [0.25, 0.3) is 5.56 Å². The van der Waals surface area contributed by atoms with Crippen LogP contribution in [0.4, 0.5) is 10.3 Å². The molecule has 1 aromatic heterocycles. The molecule has 1 N–H and O–H groups in total. The standard InChI is InChI=1S/C25H26FN5O2/c1-30(15-16-10-11-28-14-16)25-29-23(18-4-5-19(13-27)21(26)12-18)22(24(32)31(25)2)17-6-8-20(33-3)9-7-17/h4-9,12,16,28H,10-11,14-15H2,1-3H3/t16-/m1/s1. The summed E-state index contributed by atoms with van der Waals surface area (Å²) in [5, 5.41) is 12.5. The van der Waals surface area contributed by atoms with Crippen LogP contribution in [0.3, 0.4) is 0 Å². The van der Waals surface area contributed by atoms with Crippen molar-refractivity contribution >= 4 is 5.95 Å². The largest absolute Gasteiger partial charge is 0.497 e. The van der Waals surface area contributed by atoms with Crippen LogP contribution in [0.1, 0.15) is 12.0 Å². The molecule has 1 fully saturated rings. The summed E-state index contributed by atoms with van der Waals surface area (Å²) < 4.78 is 21.3. The molecular formula is C25H26FN5O2. The molecule has 0 unspecified atom stereocenters. The molecule has 1 aliphatic heterocycles. The van der Waals surface area contributed by atoms with Crippen molar-refractivity contribution in [3.63, 3.8) is 0 Å². The molecule has 2 aromatic carbocycles. The van der Waals surface area contributed by atoms with Crippen molar-refractivity contribution in [2.45, 2.75) is 6.42 Å². The molecule has 3 aromatic rings. The average Bonchev–Trinajstić information content (AvgIpc) is 3.33. The first-order chi connectivity index (χ1) is 15.9. The van der Waals surface area contributed by atoms with Gasteiger partial charge < -0.3 is 15.0 Å². The number of nitrogens with one attached hydrogen (secondary N) is 1. The molecule has 170 valence electrons. The molecule has 2 heterocycles. The fourth-order valence-corrected chi connectivity index (χ4v) is 4.25. The van der Waals surface area contributed by atoms with Crippen LogP contribution < -0.4 is 20.5 Å². The zero-order valence-electron chi connectivity index (χ0n) is 18.9. The molecule has 0 spiro atoms. The number of aromatic nitrogens is 2. The molecule has 0 radical (unpaired) electrons. The first-order valence-electron chi connectivity index (χ1n) is 10.8. The maximum atomic E-state index is 14.5. The number of hydrogen-bond acceptors (Lipinski definition) is 6. The zero-order chi connectivity index (χ0) is 23.5. The Kier molecular flexibility index (Phi) is 6.43. The second kappa shape index (κ2) is 9.43. The molecule has 0 aliphatic carbocycles. The van der Waals surface area contributed by atoms with Gasteiger partial charge in [0.2, 0.25) is 5.95 Å². The summed E-state index contributed by atoms with van der Waals surface area (Å²) in [5.41, 5.74) is 1.54. The predicted molar refractivity (Wildman–Crippen MR) is 126 cm³/mol. The van der Waals surface area contributed by atoms with Crippen molar-refractivity contribution in [2.75, 3.05) is 38.7 Å². The number of ether oxygens (including phenoxy) is 1. The van der Waals surface area contributed by atoms with Crippen molar-refractivity contribution in [3.05, 3.63) is 64.2 Å². The van der Waals surface area contributed by atoms with Gasteiger partial charge in [-0.05, 0) is 55.3 Å². The third-order valence-corrected chi connectivity index (χ3v) is 6.04. The van der Waals surface area contributed by atoms with Crippen LogP contribution >= 0.6 is 0 Å². The Hall–Kier alpha value is -3.70. The number of hydrogen-bond donors (Lipinski definition) is 1. The lowest BCUT2D eigenvalue weighted by atomic mass is 9.99. The van der Waals surface area contributed by atoms with Gasteiger partial charge in [0.15, 0.2) is 0 Å².